The van der Waals surface area contributed by atoms with Gasteiger partial charge in [-0.1, -0.05) is 39.3 Å². The lowest BCUT2D eigenvalue weighted by molar-refractivity contribution is -0.162. The Morgan fingerprint density at radius 2 is 1.77 bits per heavy atom. The van der Waals surface area contributed by atoms with E-state index >= 15 is 0 Å². The van der Waals surface area contributed by atoms with Crippen LogP contribution in [0.4, 0.5) is 0 Å². The van der Waals surface area contributed by atoms with Gasteiger partial charge in [0.25, 0.3) is 5.91 Å². The quantitative estimate of drug-likeness (QED) is 0.494. The molecule has 2 aromatic rings. The van der Waals surface area contributed by atoms with Gasteiger partial charge in [-0.15, -0.1) is 0 Å². The number of aryl methyl sites for hydroxylation is 2. The SMILES string of the molecule is CCCCN1C(=O)[C@H](CC(C)C)NC(=O)C12CCN(C(c1cn[nH]c1)c1cc(C)c(C(=O)N(C)C)c(C)c1)CC2. The summed E-state index contributed by atoms with van der Waals surface area (Å²) in [6.45, 7) is 12.2. The van der Waals surface area contributed by atoms with Crippen molar-refractivity contribution in [1.29, 1.82) is 0 Å². The fraction of sp³-hybridized carbons (Fsp3) is 0.613. The minimum Gasteiger partial charge on any atom is -0.345 e. The molecule has 3 amide bonds. The maximum absolute atomic E-state index is 13.7. The molecule has 2 aliphatic heterocycles. The van der Waals surface area contributed by atoms with Crippen LogP contribution in [0.2, 0.25) is 0 Å². The van der Waals surface area contributed by atoms with Crippen molar-refractivity contribution in [2.45, 2.75) is 84.3 Å². The van der Waals surface area contributed by atoms with Gasteiger partial charge in [0, 0.05) is 51.1 Å². The van der Waals surface area contributed by atoms with E-state index in [4.69, 9.17) is 0 Å². The third kappa shape index (κ3) is 5.66. The summed E-state index contributed by atoms with van der Waals surface area (Å²) < 4.78 is 0. The van der Waals surface area contributed by atoms with Gasteiger partial charge in [0.1, 0.15) is 11.6 Å². The van der Waals surface area contributed by atoms with Crippen molar-refractivity contribution < 1.29 is 14.4 Å². The predicted molar refractivity (Wildman–Crippen MR) is 156 cm³/mol. The van der Waals surface area contributed by atoms with E-state index in [0.717, 1.165) is 40.7 Å². The van der Waals surface area contributed by atoms with Crippen LogP contribution in [0.15, 0.2) is 24.5 Å². The van der Waals surface area contributed by atoms with E-state index in [1.807, 2.05) is 31.1 Å². The summed E-state index contributed by atoms with van der Waals surface area (Å²) in [5.74, 6) is 0.373. The summed E-state index contributed by atoms with van der Waals surface area (Å²) in [5, 5.41) is 10.3. The molecule has 4 rings (SSSR count). The van der Waals surface area contributed by atoms with Gasteiger partial charge < -0.3 is 15.1 Å². The molecule has 2 atom stereocenters. The summed E-state index contributed by atoms with van der Waals surface area (Å²) >= 11 is 0. The fourth-order valence-electron chi connectivity index (χ4n) is 6.54. The number of aromatic amines is 1. The van der Waals surface area contributed by atoms with Crippen LogP contribution in [-0.4, -0.2) is 87.9 Å². The van der Waals surface area contributed by atoms with Gasteiger partial charge in [-0.05, 0) is 62.1 Å². The number of H-pyrrole nitrogens is 1. The van der Waals surface area contributed by atoms with E-state index in [0.29, 0.717) is 44.8 Å². The van der Waals surface area contributed by atoms with Gasteiger partial charge in [0.2, 0.25) is 11.8 Å². The van der Waals surface area contributed by atoms with Crippen LogP contribution in [0.3, 0.4) is 0 Å². The van der Waals surface area contributed by atoms with Gasteiger partial charge in [-0.2, -0.15) is 5.10 Å². The molecule has 2 aliphatic rings. The van der Waals surface area contributed by atoms with Gasteiger partial charge in [0.05, 0.1) is 12.2 Å². The normalized spacial score (nSPS) is 20.2. The van der Waals surface area contributed by atoms with E-state index in [-0.39, 0.29) is 23.8 Å². The average molecular weight is 551 g/mol. The molecule has 2 fully saturated rings. The first-order chi connectivity index (χ1) is 19.0. The average Bonchev–Trinajstić information content (AvgIpc) is 3.42. The zero-order valence-corrected chi connectivity index (χ0v) is 25.2. The number of nitrogens with one attached hydrogen (secondary N) is 2. The fourth-order valence-corrected chi connectivity index (χ4v) is 6.54. The van der Waals surface area contributed by atoms with E-state index in [9.17, 15) is 14.4 Å². The second-order valence-electron chi connectivity index (χ2n) is 12.2. The number of unbranched alkanes of at least 4 members (excludes halogenated alkanes) is 1. The van der Waals surface area contributed by atoms with E-state index < -0.39 is 11.6 Å². The molecule has 3 heterocycles. The molecule has 218 valence electrons. The highest BCUT2D eigenvalue weighted by molar-refractivity contribution is 6.00. The van der Waals surface area contributed by atoms with Gasteiger partial charge in [0.15, 0.2) is 0 Å². The second kappa shape index (κ2) is 12.1. The third-order valence-electron chi connectivity index (χ3n) is 8.57. The summed E-state index contributed by atoms with van der Waals surface area (Å²) in [4.78, 5) is 46.2. The van der Waals surface area contributed by atoms with Crippen LogP contribution in [0.25, 0.3) is 0 Å². The van der Waals surface area contributed by atoms with Crippen molar-refractivity contribution in [2.24, 2.45) is 5.92 Å². The molecule has 2 saturated heterocycles. The number of hydrogen-bond donors (Lipinski definition) is 2. The van der Waals surface area contributed by atoms with Crippen molar-refractivity contribution >= 4 is 17.7 Å². The zero-order valence-electron chi connectivity index (χ0n) is 25.2. The highest BCUT2D eigenvalue weighted by Crippen LogP contribution is 2.39. The molecule has 1 aromatic carbocycles. The maximum atomic E-state index is 13.7. The maximum Gasteiger partial charge on any atom is 0.253 e. The number of nitrogens with zero attached hydrogens (tertiary/aromatic N) is 4. The molecule has 1 spiro atoms. The van der Waals surface area contributed by atoms with Crippen LogP contribution >= 0.6 is 0 Å². The van der Waals surface area contributed by atoms with Crippen molar-refractivity contribution in [3.8, 4) is 0 Å². The summed E-state index contributed by atoms with van der Waals surface area (Å²) in [6.07, 6.45) is 7.42. The summed E-state index contributed by atoms with van der Waals surface area (Å²) in [5.41, 5.74) is 3.92. The monoisotopic (exact) mass is 550 g/mol. The lowest BCUT2D eigenvalue weighted by Crippen LogP contribution is -2.73. The topological polar surface area (TPSA) is 102 Å². The van der Waals surface area contributed by atoms with Crippen LogP contribution in [0, 0.1) is 19.8 Å². The van der Waals surface area contributed by atoms with Gasteiger partial charge in [-0.25, -0.2) is 0 Å². The lowest BCUT2D eigenvalue weighted by atomic mass is 9.79. The molecular weight excluding hydrogens is 504 g/mol. The zero-order chi connectivity index (χ0) is 29.2. The van der Waals surface area contributed by atoms with E-state index in [1.165, 1.54) is 0 Å². The van der Waals surface area contributed by atoms with Crippen LogP contribution in [0.1, 0.15) is 91.5 Å². The molecular formula is C31H46N6O3. The van der Waals surface area contributed by atoms with Crippen LogP contribution < -0.4 is 5.32 Å². The first-order valence-corrected chi connectivity index (χ1v) is 14.7. The molecule has 0 bridgehead atoms. The number of carbonyl (C=O) groups is 3. The van der Waals surface area contributed by atoms with Crippen molar-refractivity contribution in [3.05, 3.63) is 52.3 Å². The number of piperazine rings is 1. The third-order valence-corrected chi connectivity index (χ3v) is 8.57. The minimum atomic E-state index is -0.814. The number of likely N-dealkylation sites (tertiary alicyclic amines) is 1. The molecule has 40 heavy (non-hydrogen) atoms. The lowest BCUT2D eigenvalue weighted by Gasteiger charge is -2.52. The number of piperidine rings is 1. The second-order valence-corrected chi connectivity index (χ2v) is 12.2. The van der Waals surface area contributed by atoms with Gasteiger partial charge in [-0.3, -0.25) is 24.4 Å². The van der Waals surface area contributed by atoms with Crippen molar-refractivity contribution in [3.63, 3.8) is 0 Å². The molecule has 0 saturated carbocycles. The Bertz CT molecular complexity index is 1190. The van der Waals surface area contributed by atoms with E-state index in [2.05, 4.69) is 53.3 Å². The number of benzene rings is 1. The Morgan fingerprint density at radius 3 is 2.30 bits per heavy atom. The largest absolute Gasteiger partial charge is 0.345 e. The summed E-state index contributed by atoms with van der Waals surface area (Å²) in [6, 6.07) is 3.68. The number of carbonyl (C=O) groups excluding carboxylic acids is 3. The first kappa shape index (κ1) is 29.8. The molecule has 9 heteroatoms. The van der Waals surface area contributed by atoms with Gasteiger partial charge >= 0.3 is 0 Å². The molecule has 1 unspecified atom stereocenters. The number of rotatable bonds is 9. The Labute approximate surface area is 238 Å². The Morgan fingerprint density at radius 1 is 1.12 bits per heavy atom. The van der Waals surface area contributed by atoms with Crippen LogP contribution in [-0.2, 0) is 9.59 Å². The number of aromatic nitrogens is 2. The smallest absolute Gasteiger partial charge is 0.253 e. The molecule has 9 nitrogen and oxygen atoms in total. The minimum absolute atomic E-state index is 0.00255. The Hall–Kier alpha value is -3.20. The number of amides is 3. The standard InChI is InChI=1S/C31H46N6O3/c1-8-9-12-37-28(38)25(15-20(2)3)34-30(40)31(37)10-13-36(14-11-31)27(24-18-32-33-19-24)23-16-21(4)26(22(5)17-23)29(39)35(6)7/h16-20,25,27H,8-15H2,1-7H3,(H,32,33)(H,34,40)/t25-,27?/m0/s1. The van der Waals surface area contributed by atoms with E-state index in [1.54, 1.807) is 19.0 Å². The summed E-state index contributed by atoms with van der Waals surface area (Å²) in [7, 11) is 3.54. The Kier molecular flexibility index (Phi) is 9.02. The highest BCUT2D eigenvalue weighted by Gasteiger charge is 2.53. The molecule has 2 N–H and O–H groups in total. The van der Waals surface area contributed by atoms with Crippen molar-refractivity contribution in [1.82, 2.24) is 30.2 Å². The molecule has 0 radical (unpaired) electrons. The predicted octanol–water partition coefficient (Wildman–Crippen LogP) is 3.83. The number of hydrogen-bond acceptors (Lipinski definition) is 5. The highest BCUT2D eigenvalue weighted by atomic mass is 16.2. The molecule has 0 aliphatic carbocycles. The van der Waals surface area contributed by atoms with Crippen LogP contribution in [0.5, 0.6) is 0 Å². The Balaban J connectivity index is 1.64. The van der Waals surface area contributed by atoms with Crippen molar-refractivity contribution in [2.75, 3.05) is 33.7 Å². The molecule has 1 aromatic heterocycles. The first-order valence-electron chi connectivity index (χ1n) is 14.7.